The van der Waals surface area contributed by atoms with E-state index in [-0.39, 0.29) is 12.1 Å². The first-order chi connectivity index (χ1) is 9.06. The summed E-state index contributed by atoms with van der Waals surface area (Å²) in [5, 5.41) is 21.4. The van der Waals surface area contributed by atoms with Gasteiger partial charge in [0.25, 0.3) is 0 Å². The van der Waals surface area contributed by atoms with Gasteiger partial charge in [-0.2, -0.15) is 5.26 Å². The summed E-state index contributed by atoms with van der Waals surface area (Å²) in [5.41, 5.74) is 1.84. The second-order valence-electron chi connectivity index (χ2n) is 5.67. The Labute approximate surface area is 114 Å². The minimum Gasteiger partial charge on any atom is -0.396 e. The van der Waals surface area contributed by atoms with Gasteiger partial charge in [0, 0.05) is 37.0 Å². The van der Waals surface area contributed by atoms with Gasteiger partial charge in [0.1, 0.15) is 0 Å². The number of aliphatic hydroxyl groups excluding tert-OH is 1. The zero-order valence-corrected chi connectivity index (χ0v) is 11.6. The van der Waals surface area contributed by atoms with E-state index in [1.807, 2.05) is 24.3 Å². The molecule has 0 amide bonds. The van der Waals surface area contributed by atoms with Gasteiger partial charge in [-0.25, -0.2) is 0 Å². The maximum atomic E-state index is 9.08. The Kier molecular flexibility index (Phi) is 4.08. The fourth-order valence-corrected chi connectivity index (χ4v) is 2.54. The predicted molar refractivity (Wildman–Crippen MR) is 76.1 cm³/mol. The second-order valence-corrected chi connectivity index (χ2v) is 5.67. The van der Waals surface area contributed by atoms with Gasteiger partial charge >= 0.3 is 0 Å². The summed E-state index contributed by atoms with van der Waals surface area (Å²) >= 11 is 0. The third-order valence-electron chi connectivity index (χ3n) is 3.74. The number of anilines is 1. The Morgan fingerprint density at radius 3 is 2.68 bits per heavy atom. The molecule has 2 rings (SSSR count). The normalized spacial score (nSPS) is 22.0. The summed E-state index contributed by atoms with van der Waals surface area (Å²) in [4.78, 5) is 2.35. The third-order valence-corrected chi connectivity index (χ3v) is 3.74. The number of nitrogens with zero attached hydrogens (tertiary/aromatic N) is 2. The van der Waals surface area contributed by atoms with Gasteiger partial charge in [0.05, 0.1) is 11.6 Å². The molecule has 0 saturated carbocycles. The first-order valence-corrected chi connectivity index (χ1v) is 6.69. The SMILES string of the molecule is CC1(C)CNC(CCO)CN1c1ccc(C#N)cc1. The van der Waals surface area contributed by atoms with E-state index in [0.29, 0.717) is 11.6 Å². The lowest BCUT2D eigenvalue weighted by Crippen LogP contribution is -2.62. The van der Waals surface area contributed by atoms with Crippen molar-refractivity contribution in [3.8, 4) is 6.07 Å². The molecule has 1 saturated heterocycles. The van der Waals surface area contributed by atoms with E-state index in [0.717, 1.165) is 25.2 Å². The van der Waals surface area contributed by atoms with Crippen molar-refractivity contribution in [3.63, 3.8) is 0 Å². The molecule has 0 aliphatic carbocycles. The predicted octanol–water partition coefficient (Wildman–Crippen LogP) is 1.50. The monoisotopic (exact) mass is 259 g/mol. The van der Waals surface area contributed by atoms with Crippen molar-refractivity contribution in [1.82, 2.24) is 5.32 Å². The Morgan fingerprint density at radius 2 is 2.11 bits per heavy atom. The van der Waals surface area contributed by atoms with Crippen molar-refractivity contribution < 1.29 is 5.11 Å². The molecule has 102 valence electrons. The van der Waals surface area contributed by atoms with Crippen LogP contribution in [-0.2, 0) is 0 Å². The van der Waals surface area contributed by atoms with Gasteiger partial charge in [0.15, 0.2) is 0 Å². The number of piperazine rings is 1. The highest BCUT2D eigenvalue weighted by Crippen LogP contribution is 2.27. The third kappa shape index (κ3) is 3.06. The summed E-state index contributed by atoms with van der Waals surface area (Å²) in [5.74, 6) is 0. The maximum Gasteiger partial charge on any atom is 0.0991 e. The molecule has 4 heteroatoms. The molecular formula is C15H21N3O. The largest absolute Gasteiger partial charge is 0.396 e. The topological polar surface area (TPSA) is 59.3 Å². The molecule has 1 aliphatic rings. The standard InChI is InChI=1S/C15H21N3O/c1-15(2)11-17-13(7-8-19)10-18(15)14-5-3-12(9-16)4-6-14/h3-6,13,17,19H,7-8,10-11H2,1-2H3. The number of nitrogens with one attached hydrogen (secondary N) is 1. The summed E-state index contributed by atoms with van der Waals surface area (Å²) in [7, 11) is 0. The average molecular weight is 259 g/mol. The number of hydrogen-bond donors (Lipinski definition) is 2. The van der Waals surface area contributed by atoms with E-state index in [1.165, 1.54) is 0 Å². The van der Waals surface area contributed by atoms with E-state index in [1.54, 1.807) is 0 Å². The molecule has 0 aromatic heterocycles. The van der Waals surface area contributed by atoms with Crippen LogP contribution in [0.1, 0.15) is 25.8 Å². The van der Waals surface area contributed by atoms with Gasteiger partial charge in [-0.15, -0.1) is 0 Å². The molecule has 0 bridgehead atoms. The lowest BCUT2D eigenvalue weighted by Gasteiger charge is -2.47. The molecule has 19 heavy (non-hydrogen) atoms. The zero-order valence-electron chi connectivity index (χ0n) is 11.6. The molecule has 0 radical (unpaired) electrons. The van der Waals surface area contributed by atoms with Gasteiger partial charge < -0.3 is 15.3 Å². The smallest absolute Gasteiger partial charge is 0.0991 e. The number of nitriles is 1. The Morgan fingerprint density at radius 1 is 1.42 bits per heavy atom. The van der Waals surface area contributed by atoms with Crippen molar-refractivity contribution in [2.75, 3.05) is 24.6 Å². The van der Waals surface area contributed by atoms with Gasteiger partial charge in [-0.1, -0.05) is 0 Å². The molecule has 1 aromatic rings. The van der Waals surface area contributed by atoms with Crippen LogP contribution < -0.4 is 10.2 Å². The minimum absolute atomic E-state index is 0.0279. The van der Waals surface area contributed by atoms with E-state index >= 15 is 0 Å². The minimum atomic E-state index is 0.0279. The molecule has 1 fully saturated rings. The van der Waals surface area contributed by atoms with Gasteiger partial charge in [-0.3, -0.25) is 0 Å². The van der Waals surface area contributed by atoms with Gasteiger partial charge in [-0.05, 0) is 44.5 Å². The molecule has 0 spiro atoms. The van der Waals surface area contributed by atoms with Crippen LogP contribution in [0.3, 0.4) is 0 Å². The maximum absolute atomic E-state index is 9.08. The van der Waals surface area contributed by atoms with Gasteiger partial charge in [0.2, 0.25) is 0 Å². The summed E-state index contributed by atoms with van der Waals surface area (Å²) < 4.78 is 0. The van der Waals surface area contributed by atoms with Crippen molar-refractivity contribution in [2.24, 2.45) is 0 Å². The van der Waals surface area contributed by atoms with E-state index < -0.39 is 0 Å². The molecule has 2 N–H and O–H groups in total. The van der Waals surface area contributed by atoms with Crippen molar-refractivity contribution in [1.29, 1.82) is 5.26 Å². The fourth-order valence-electron chi connectivity index (χ4n) is 2.54. The molecule has 1 heterocycles. The lowest BCUT2D eigenvalue weighted by atomic mass is 9.95. The number of rotatable bonds is 3. The quantitative estimate of drug-likeness (QED) is 0.863. The number of hydrogen-bond acceptors (Lipinski definition) is 4. The summed E-state index contributed by atoms with van der Waals surface area (Å²) in [6.45, 7) is 6.37. The number of aliphatic hydroxyl groups is 1. The van der Waals surface area contributed by atoms with Crippen LogP contribution >= 0.6 is 0 Å². The summed E-state index contributed by atoms with van der Waals surface area (Å²) in [6.07, 6.45) is 0.767. The molecule has 1 unspecified atom stereocenters. The lowest BCUT2D eigenvalue weighted by molar-refractivity contribution is 0.239. The van der Waals surface area contributed by atoms with E-state index in [4.69, 9.17) is 10.4 Å². The van der Waals surface area contributed by atoms with Crippen LogP contribution in [-0.4, -0.2) is 36.4 Å². The van der Waals surface area contributed by atoms with Crippen LogP contribution in [0.15, 0.2) is 24.3 Å². The van der Waals surface area contributed by atoms with Crippen molar-refractivity contribution in [3.05, 3.63) is 29.8 Å². The van der Waals surface area contributed by atoms with Crippen LogP contribution in [0.5, 0.6) is 0 Å². The van der Waals surface area contributed by atoms with Crippen LogP contribution in [0.25, 0.3) is 0 Å². The number of benzene rings is 1. The van der Waals surface area contributed by atoms with Crippen LogP contribution in [0, 0.1) is 11.3 Å². The second kappa shape index (κ2) is 5.60. The van der Waals surface area contributed by atoms with Crippen LogP contribution in [0.2, 0.25) is 0 Å². The first kappa shape index (κ1) is 13.9. The first-order valence-electron chi connectivity index (χ1n) is 6.69. The van der Waals surface area contributed by atoms with Crippen molar-refractivity contribution >= 4 is 5.69 Å². The molecule has 1 atom stereocenters. The highest BCUT2D eigenvalue weighted by Gasteiger charge is 2.33. The van der Waals surface area contributed by atoms with E-state index in [9.17, 15) is 0 Å². The van der Waals surface area contributed by atoms with Crippen LogP contribution in [0.4, 0.5) is 5.69 Å². The Balaban J connectivity index is 2.20. The summed E-state index contributed by atoms with van der Waals surface area (Å²) in [6, 6.07) is 10.2. The highest BCUT2D eigenvalue weighted by molar-refractivity contribution is 5.52. The molecule has 1 aromatic carbocycles. The van der Waals surface area contributed by atoms with E-state index in [2.05, 4.69) is 30.1 Å². The average Bonchev–Trinajstić information content (AvgIpc) is 2.41. The molecule has 4 nitrogen and oxygen atoms in total. The Bertz CT molecular complexity index is 461. The molecule has 1 aliphatic heterocycles. The highest BCUT2D eigenvalue weighted by atomic mass is 16.3. The zero-order chi connectivity index (χ0) is 13.9. The fraction of sp³-hybridized carbons (Fsp3) is 0.533. The molecular weight excluding hydrogens is 238 g/mol. The van der Waals surface area contributed by atoms with Crippen molar-refractivity contribution in [2.45, 2.75) is 31.8 Å². The Hall–Kier alpha value is -1.57.